The largest absolute Gasteiger partial charge is 0.352 e. The molecular formula is C19H18N6O3. The molecule has 1 saturated heterocycles. The molecule has 0 spiro atoms. The van der Waals surface area contributed by atoms with Gasteiger partial charge in [-0.2, -0.15) is 0 Å². The second-order valence-electron chi connectivity index (χ2n) is 6.42. The number of imide groups is 1. The van der Waals surface area contributed by atoms with Gasteiger partial charge in [-0.05, 0) is 24.6 Å². The van der Waals surface area contributed by atoms with Crippen LogP contribution in [-0.4, -0.2) is 38.4 Å². The quantitative estimate of drug-likeness (QED) is 0.554. The maximum atomic E-state index is 12.2. The average Bonchev–Trinajstić information content (AvgIpc) is 3.27. The molecule has 4 rings (SSSR count). The van der Waals surface area contributed by atoms with Crippen molar-refractivity contribution in [1.82, 2.24) is 30.5 Å². The monoisotopic (exact) mass is 378 g/mol. The lowest BCUT2D eigenvalue weighted by Crippen LogP contribution is -2.31. The number of nitrogens with one attached hydrogen (secondary N) is 3. The highest BCUT2D eigenvalue weighted by Crippen LogP contribution is 2.19. The van der Waals surface area contributed by atoms with Crippen molar-refractivity contribution < 1.29 is 14.4 Å². The molecule has 0 unspecified atom stereocenters. The Kier molecular flexibility index (Phi) is 4.71. The Balaban J connectivity index is 1.42. The molecule has 3 aromatic rings. The van der Waals surface area contributed by atoms with Crippen molar-refractivity contribution in [3.8, 4) is 5.82 Å². The van der Waals surface area contributed by atoms with Crippen LogP contribution >= 0.6 is 0 Å². The van der Waals surface area contributed by atoms with E-state index in [-0.39, 0.29) is 25.3 Å². The number of benzene rings is 1. The Hall–Kier alpha value is -3.75. The summed E-state index contributed by atoms with van der Waals surface area (Å²) < 4.78 is 1.88. The molecule has 3 heterocycles. The number of urea groups is 1. The Morgan fingerprint density at radius 3 is 2.82 bits per heavy atom. The zero-order valence-electron chi connectivity index (χ0n) is 14.9. The number of aromatic nitrogens is 3. The van der Waals surface area contributed by atoms with E-state index >= 15 is 0 Å². The highest BCUT2D eigenvalue weighted by molar-refractivity contribution is 6.04. The minimum Gasteiger partial charge on any atom is -0.352 e. The van der Waals surface area contributed by atoms with Gasteiger partial charge in [0.25, 0.3) is 5.91 Å². The maximum absolute atomic E-state index is 12.2. The van der Waals surface area contributed by atoms with Gasteiger partial charge in [-0.25, -0.2) is 14.8 Å². The highest BCUT2D eigenvalue weighted by atomic mass is 16.2. The van der Waals surface area contributed by atoms with E-state index in [1.54, 1.807) is 12.5 Å². The topological polar surface area (TPSA) is 118 Å². The van der Waals surface area contributed by atoms with Gasteiger partial charge < -0.3 is 10.6 Å². The average molecular weight is 378 g/mol. The Labute approximate surface area is 160 Å². The molecule has 9 nitrogen and oxygen atoms in total. The third-order valence-electron chi connectivity index (χ3n) is 4.54. The molecular weight excluding hydrogens is 360 g/mol. The molecule has 0 saturated carbocycles. The van der Waals surface area contributed by atoms with Gasteiger partial charge >= 0.3 is 6.03 Å². The van der Waals surface area contributed by atoms with Crippen molar-refractivity contribution in [2.45, 2.75) is 25.4 Å². The first-order valence-corrected chi connectivity index (χ1v) is 8.86. The summed E-state index contributed by atoms with van der Waals surface area (Å²) in [7, 11) is 0. The van der Waals surface area contributed by atoms with Gasteiger partial charge in [0.15, 0.2) is 0 Å². The van der Waals surface area contributed by atoms with Crippen LogP contribution in [0.4, 0.5) is 4.79 Å². The van der Waals surface area contributed by atoms with E-state index in [2.05, 4.69) is 25.9 Å². The molecule has 1 fully saturated rings. The molecule has 2 aromatic heterocycles. The Morgan fingerprint density at radius 1 is 1.14 bits per heavy atom. The standard InChI is InChI=1S/C19H18N6O3/c26-16(8-7-14-18(27)24-19(28)23-14)21-10-12-4-3-9-20-17(12)25-11-22-13-5-1-2-6-15(13)25/h1-6,9,11,14H,7-8,10H2,(H,21,26)(H2,23,24,27,28)/t14-/m0/s1. The number of pyridine rings is 1. The third-order valence-corrected chi connectivity index (χ3v) is 4.54. The lowest BCUT2D eigenvalue weighted by Gasteiger charge is -2.12. The minimum atomic E-state index is -0.662. The number of fused-ring (bicyclic) bond motifs is 1. The van der Waals surface area contributed by atoms with Crippen molar-refractivity contribution in [2.75, 3.05) is 0 Å². The van der Waals surface area contributed by atoms with Crippen LogP contribution in [0.2, 0.25) is 0 Å². The van der Waals surface area contributed by atoms with E-state index in [1.807, 2.05) is 41.0 Å². The number of carbonyl (C=O) groups excluding carboxylic acids is 3. The Morgan fingerprint density at radius 2 is 2.00 bits per heavy atom. The molecule has 1 aliphatic rings. The number of amides is 4. The molecule has 9 heteroatoms. The number of hydrogen-bond donors (Lipinski definition) is 3. The van der Waals surface area contributed by atoms with Crippen molar-refractivity contribution >= 4 is 28.9 Å². The first kappa shape index (κ1) is 17.7. The predicted molar refractivity (Wildman–Crippen MR) is 100 cm³/mol. The fraction of sp³-hybridized carbons (Fsp3) is 0.211. The molecule has 4 amide bonds. The lowest BCUT2D eigenvalue weighted by atomic mass is 10.1. The normalized spacial score (nSPS) is 16.1. The highest BCUT2D eigenvalue weighted by Gasteiger charge is 2.29. The van der Waals surface area contributed by atoms with Gasteiger partial charge in [0.2, 0.25) is 5.91 Å². The summed E-state index contributed by atoms with van der Waals surface area (Å²) in [6.45, 7) is 0.289. The molecule has 142 valence electrons. The van der Waals surface area contributed by atoms with Gasteiger partial charge in [0, 0.05) is 24.7 Å². The smallest absolute Gasteiger partial charge is 0.322 e. The summed E-state index contributed by atoms with van der Waals surface area (Å²) in [5, 5.41) is 7.47. The van der Waals surface area contributed by atoms with Gasteiger partial charge in [-0.3, -0.25) is 19.5 Å². The van der Waals surface area contributed by atoms with Crippen molar-refractivity contribution in [3.63, 3.8) is 0 Å². The molecule has 0 aliphatic carbocycles. The fourth-order valence-electron chi connectivity index (χ4n) is 3.13. The number of carbonyl (C=O) groups is 3. The number of hydrogen-bond acceptors (Lipinski definition) is 5. The molecule has 1 aliphatic heterocycles. The van der Waals surface area contributed by atoms with Crippen LogP contribution in [0.3, 0.4) is 0 Å². The summed E-state index contributed by atoms with van der Waals surface area (Å²) in [5.41, 5.74) is 2.63. The number of para-hydroxylation sites is 2. The first-order chi connectivity index (χ1) is 13.6. The molecule has 0 bridgehead atoms. The summed E-state index contributed by atoms with van der Waals surface area (Å²) in [6.07, 6.45) is 3.77. The van der Waals surface area contributed by atoms with E-state index in [9.17, 15) is 14.4 Å². The van der Waals surface area contributed by atoms with Crippen molar-refractivity contribution in [2.24, 2.45) is 0 Å². The SMILES string of the molecule is O=C(CC[C@@H]1NC(=O)NC1=O)NCc1cccnc1-n1cnc2ccccc21. The number of nitrogens with zero attached hydrogens (tertiary/aromatic N) is 3. The summed E-state index contributed by atoms with van der Waals surface area (Å²) in [5.74, 6) is 0.0810. The Bertz CT molecular complexity index is 1060. The van der Waals surface area contributed by atoms with Crippen molar-refractivity contribution in [3.05, 3.63) is 54.5 Å². The van der Waals surface area contributed by atoms with E-state index < -0.39 is 18.0 Å². The van der Waals surface area contributed by atoms with Crippen molar-refractivity contribution in [1.29, 1.82) is 0 Å². The fourth-order valence-corrected chi connectivity index (χ4v) is 3.13. The maximum Gasteiger partial charge on any atom is 0.322 e. The van der Waals surface area contributed by atoms with Gasteiger partial charge in [0.1, 0.15) is 18.2 Å². The van der Waals surface area contributed by atoms with Gasteiger partial charge in [0.05, 0.1) is 11.0 Å². The van der Waals surface area contributed by atoms with E-state index in [0.717, 1.165) is 16.6 Å². The second-order valence-corrected chi connectivity index (χ2v) is 6.42. The molecule has 0 radical (unpaired) electrons. The second kappa shape index (κ2) is 7.47. The van der Waals surface area contributed by atoms with E-state index in [0.29, 0.717) is 5.82 Å². The first-order valence-electron chi connectivity index (χ1n) is 8.86. The minimum absolute atomic E-state index is 0.127. The molecule has 3 N–H and O–H groups in total. The van der Waals surface area contributed by atoms with Crippen LogP contribution in [0.15, 0.2) is 48.9 Å². The van der Waals surface area contributed by atoms with Crippen LogP contribution < -0.4 is 16.0 Å². The summed E-state index contributed by atoms with van der Waals surface area (Å²) in [6, 6.07) is 10.3. The van der Waals surface area contributed by atoms with Crippen LogP contribution in [0, 0.1) is 0 Å². The number of rotatable bonds is 6. The van der Waals surface area contributed by atoms with Crippen LogP contribution in [0.25, 0.3) is 16.9 Å². The summed E-state index contributed by atoms with van der Waals surface area (Å²) >= 11 is 0. The van der Waals surface area contributed by atoms with Crippen LogP contribution in [0.5, 0.6) is 0 Å². The predicted octanol–water partition coefficient (Wildman–Crippen LogP) is 1.02. The van der Waals surface area contributed by atoms with Gasteiger partial charge in [-0.15, -0.1) is 0 Å². The van der Waals surface area contributed by atoms with E-state index in [4.69, 9.17) is 0 Å². The molecule has 1 atom stereocenters. The molecule has 1 aromatic carbocycles. The van der Waals surface area contributed by atoms with Gasteiger partial charge in [-0.1, -0.05) is 18.2 Å². The van der Waals surface area contributed by atoms with Crippen LogP contribution in [-0.2, 0) is 16.1 Å². The zero-order valence-corrected chi connectivity index (χ0v) is 14.9. The van der Waals surface area contributed by atoms with Crippen LogP contribution in [0.1, 0.15) is 18.4 Å². The van der Waals surface area contributed by atoms with E-state index in [1.165, 1.54) is 0 Å². The summed E-state index contributed by atoms with van der Waals surface area (Å²) in [4.78, 5) is 43.6. The third kappa shape index (κ3) is 3.54. The lowest BCUT2D eigenvalue weighted by molar-refractivity contribution is -0.122. The zero-order chi connectivity index (χ0) is 19.5. The molecule has 28 heavy (non-hydrogen) atoms. The number of imidazole rings is 1.